The maximum atomic E-state index is 11.8. The summed E-state index contributed by atoms with van der Waals surface area (Å²) in [5, 5.41) is 14.4. The average molecular weight is 233 g/mol. The third-order valence-corrected chi connectivity index (χ3v) is 2.99. The van der Waals surface area contributed by atoms with E-state index in [9.17, 15) is 4.79 Å². The maximum absolute atomic E-state index is 11.8. The van der Waals surface area contributed by atoms with Crippen molar-refractivity contribution in [1.82, 2.24) is 5.32 Å². The number of hydrogen-bond acceptors (Lipinski definition) is 3. The maximum Gasteiger partial charge on any atom is 0.251 e. The van der Waals surface area contributed by atoms with Crippen molar-refractivity contribution in [1.29, 1.82) is 0 Å². The molecular weight excluding hydrogens is 218 g/mol. The zero-order valence-electron chi connectivity index (χ0n) is 9.39. The van der Waals surface area contributed by atoms with Crippen LogP contribution >= 0.6 is 0 Å². The second-order valence-corrected chi connectivity index (χ2v) is 4.16. The van der Waals surface area contributed by atoms with Crippen LogP contribution < -0.4 is 11.1 Å². The molecule has 0 radical (unpaired) electrons. The van der Waals surface area contributed by atoms with Gasteiger partial charge < -0.3 is 16.3 Å². The lowest BCUT2D eigenvalue weighted by Crippen LogP contribution is -2.39. The van der Waals surface area contributed by atoms with Crippen LogP contribution in [0.5, 0.6) is 0 Å². The van der Waals surface area contributed by atoms with E-state index < -0.39 is 0 Å². The van der Waals surface area contributed by atoms with Crippen molar-refractivity contribution < 1.29 is 10.0 Å². The number of benzene rings is 1. The first-order valence-corrected chi connectivity index (χ1v) is 5.59. The van der Waals surface area contributed by atoms with Gasteiger partial charge in [-0.1, -0.05) is 17.3 Å². The fourth-order valence-electron chi connectivity index (χ4n) is 1.67. The molecule has 0 aliphatic heterocycles. The van der Waals surface area contributed by atoms with Crippen LogP contribution in [-0.2, 0) is 0 Å². The molecule has 90 valence electrons. The summed E-state index contributed by atoms with van der Waals surface area (Å²) in [5.74, 6) is -0.0308. The Morgan fingerprint density at radius 3 is 2.35 bits per heavy atom. The van der Waals surface area contributed by atoms with E-state index in [-0.39, 0.29) is 11.7 Å². The second-order valence-electron chi connectivity index (χ2n) is 4.16. The van der Waals surface area contributed by atoms with Crippen molar-refractivity contribution in [3.63, 3.8) is 0 Å². The molecule has 1 aromatic carbocycles. The van der Waals surface area contributed by atoms with Crippen molar-refractivity contribution in [3.8, 4) is 0 Å². The van der Waals surface area contributed by atoms with Gasteiger partial charge in [-0.3, -0.25) is 4.79 Å². The molecule has 1 amide bonds. The standard InChI is InChI=1S/C12H15N3O2/c13-11(15-17)8-4-6-9(7-5-8)12(16)14-10-2-1-3-10/h4-7,10,17H,1-3H2,(H2,13,15)(H,14,16). The Morgan fingerprint density at radius 1 is 1.29 bits per heavy atom. The summed E-state index contributed by atoms with van der Waals surface area (Å²) in [6, 6.07) is 6.98. The highest BCUT2D eigenvalue weighted by Gasteiger charge is 2.19. The van der Waals surface area contributed by atoms with Gasteiger partial charge in [0, 0.05) is 17.2 Å². The van der Waals surface area contributed by atoms with Crippen LogP contribution in [0.25, 0.3) is 0 Å². The Bertz CT molecular complexity index is 436. The molecule has 0 saturated heterocycles. The number of amides is 1. The van der Waals surface area contributed by atoms with E-state index in [1.807, 2.05) is 0 Å². The molecule has 2 rings (SSSR count). The molecule has 5 heteroatoms. The monoisotopic (exact) mass is 233 g/mol. The Labute approximate surface area is 99.3 Å². The van der Waals surface area contributed by atoms with Gasteiger partial charge in [0.2, 0.25) is 0 Å². The number of amidine groups is 1. The van der Waals surface area contributed by atoms with Crippen molar-refractivity contribution in [2.75, 3.05) is 0 Å². The number of nitrogens with one attached hydrogen (secondary N) is 1. The SMILES string of the molecule is NC(=NO)c1ccc(C(=O)NC2CCC2)cc1. The Kier molecular flexibility index (Phi) is 3.27. The lowest BCUT2D eigenvalue weighted by molar-refractivity contribution is 0.0917. The Morgan fingerprint density at radius 2 is 1.88 bits per heavy atom. The second kappa shape index (κ2) is 4.86. The first-order chi connectivity index (χ1) is 8.20. The minimum Gasteiger partial charge on any atom is -0.409 e. The van der Waals surface area contributed by atoms with Crippen LogP contribution in [0.2, 0.25) is 0 Å². The first-order valence-electron chi connectivity index (χ1n) is 5.59. The largest absolute Gasteiger partial charge is 0.409 e. The van der Waals surface area contributed by atoms with Gasteiger partial charge in [0.15, 0.2) is 5.84 Å². The zero-order chi connectivity index (χ0) is 12.3. The van der Waals surface area contributed by atoms with E-state index in [4.69, 9.17) is 10.9 Å². The summed E-state index contributed by atoms with van der Waals surface area (Å²) < 4.78 is 0. The highest BCUT2D eigenvalue weighted by molar-refractivity contribution is 5.99. The number of nitrogens with two attached hydrogens (primary N) is 1. The molecule has 1 aliphatic rings. The number of rotatable bonds is 3. The van der Waals surface area contributed by atoms with E-state index in [0.29, 0.717) is 17.2 Å². The van der Waals surface area contributed by atoms with E-state index >= 15 is 0 Å². The summed E-state index contributed by atoms with van der Waals surface area (Å²) in [7, 11) is 0. The van der Waals surface area contributed by atoms with Crippen LogP contribution in [0.3, 0.4) is 0 Å². The average Bonchev–Trinajstić information content (AvgIpc) is 2.32. The number of nitrogens with zero attached hydrogens (tertiary/aromatic N) is 1. The summed E-state index contributed by atoms with van der Waals surface area (Å²) in [4.78, 5) is 11.8. The number of oxime groups is 1. The molecule has 5 nitrogen and oxygen atoms in total. The highest BCUT2D eigenvalue weighted by atomic mass is 16.4. The molecule has 1 aliphatic carbocycles. The minimum atomic E-state index is -0.0687. The molecular formula is C12H15N3O2. The van der Waals surface area contributed by atoms with Crippen LogP contribution in [-0.4, -0.2) is 23.0 Å². The van der Waals surface area contributed by atoms with Gasteiger partial charge in [-0.2, -0.15) is 0 Å². The lowest BCUT2D eigenvalue weighted by atomic mass is 9.93. The van der Waals surface area contributed by atoms with Gasteiger partial charge in [0.1, 0.15) is 0 Å². The summed E-state index contributed by atoms with van der Waals surface area (Å²) >= 11 is 0. The number of carbonyl (C=O) groups is 1. The highest BCUT2D eigenvalue weighted by Crippen LogP contribution is 2.18. The van der Waals surface area contributed by atoms with Crippen LogP contribution in [0.15, 0.2) is 29.4 Å². The molecule has 0 heterocycles. The van der Waals surface area contributed by atoms with Crippen molar-refractivity contribution >= 4 is 11.7 Å². The molecule has 0 aromatic heterocycles. The van der Waals surface area contributed by atoms with Crippen molar-refractivity contribution in [2.45, 2.75) is 25.3 Å². The summed E-state index contributed by atoms with van der Waals surface area (Å²) in [5.41, 5.74) is 6.61. The van der Waals surface area contributed by atoms with Gasteiger partial charge in [0.05, 0.1) is 0 Å². The third kappa shape index (κ3) is 2.55. The van der Waals surface area contributed by atoms with Crippen molar-refractivity contribution in [2.24, 2.45) is 10.9 Å². The first kappa shape index (κ1) is 11.4. The third-order valence-electron chi connectivity index (χ3n) is 2.99. The molecule has 0 atom stereocenters. The quantitative estimate of drug-likeness (QED) is 0.316. The molecule has 4 N–H and O–H groups in total. The molecule has 1 fully saturated rings. The molecule has 1 aromatic rings. The van der Waals surface area contributed by atoms with Crippen LogP contribution in [0.4, 0.5) is 0 Å². The fraction of sp³-hybridized carbons (Fsp3) is 0.333. The van der Waals surface area contributed by atoms with E-state index in [1.54, 1.807) is 24.3 Å². The number of hydrogen-bond donors (Lipinski definition) is 3. The van der Waals surface area contributed by atoms with E-state index in [2.05, 4.69) is 10.5 Å². The van der Waals surface area contributed by atoms with Gasteiger partial charge in [-0.05, 0) is 31.4 Å². The zero-order valence-corrected chi connectivity index (χ0v) is 9.39. The lowest BCUT2D eigenvalue weighted by Gasteiger charge is -2.26. The molecule has 17 heavy (non-hydrogen) atoms. The summed E-state index contributed by atoms with van der Waals surface area (Å²) in [6.45, 7) is 0. The molecule has 0 bridgehead atoms. The topological polar surface area (TPSA) is 87.7 Å². The van der Waals surface area contributed by atoms with Gasteiger partial charge in [-0.15, -0.1) is 0 Å². The predicted octanol–water partition coefficient (Wildman–Crippen LogP) is 1.06. The van der Waals surface area contributed by atoms with Gasteiger partial charge in [0.25, 0.3) is 5.91 Å². The van der Waals surface area contributed by atoms with E-state index in [1.165, 1.54) is 6.42 Å². The normalized spacial score (nSPS) is 16.4. The van der Waals surface area contributed by atoms with Crippen LogP contribution in [0.1, 0.15) is 35.2 Å². The minimum absolute atomic E-state index is 0.0379. The Balaban J connectivity index is 2.03. The smallest absolute Gasteiger partial charge is 0.251 e. The molecule has 1 saturated carbocycles. The number of carbonyl (C=O) groups excluding carboxylic acids is 1. The van der Waals surface area contributed by atoms with Gasteiger partial charge in [-0.25, -0.2) is 0 Å². The summed E-state index contributed by atoms with van der Waals surface area (Å²) in [6.07, 6.45) is 3.31. The predicted molar refractivity (Wildman–Crippen MR) is 64.1 cm³/mol. The van der Waals surface area contributed by atoms with E-state index in [0.717, 1.165) is 12.8 Å². The molecule has 0 spiro atoms. The van der Waals surface area contributed by atoms with Crippen LogP contribution in [0, 0.1) is 0 Å². The Hall–Kier alpha value is -2.04. The van der Waals surface area contributed by atoms with Crippen molar-refractivity contribution in [3.05, 3.63) is 35.4 Å². The van der Waals surface area contributed by atoms with Gasteiger partial charge >= 0.3 is 0 Å². The fourth-order valence-corrected chi connectivity index (χ4v) is 1.67. The molecule has 0 unspecified atom stereocenters.